The molecule has 0 unspecified atom stereocenters. The van der Waals surface area contributed by atoms with Crippen LogP contribution in [0.5, 0.6) is 0 Å². The zero-order valence-corrected chi connectivity index (χ0v) is 17.3. The standard InChI is InChI=1S/C23H13ClF3NO2S/c24-18-9-10-19-20(13-18)31-22(30)28(19)21(29)11-4-14-2-1-3-16(12-14)15-5-7-17(8-6-15)23(25,26)27/h1-13H/b11-4+. The summed E-state index contributed by atoms with van der Waals surface area (Å²) in [5, 5.41) is 0.476. The van der Waals surface area contributed by atoms with Gasteiger partial charge < -0.3 is 0 Å². The van der Waals surface area contributed by atoms with E-state index in [1.165, 1.54) is 18.2 Å². The molecule has 0 radical (unpaired) electrons. The Morgan fingerprint density at radius 2 is 1.71 bits per heavy atom. The molecule has 1 heterocycles. The summed E-state index contributed by atoms with van der Waals surface area (Å²) >= 11 is 6.87. The molecular formula is C23H13ClF3NO2S. The van der Waals surface area contributed by atoms with Crippen molar-refractivity contribution in [3.05, 3.63) is 98.6 Å². The zero-order valence-electron chi connectivity index (χ0n) is 15.7. The number of thiazole rings is 1. The van der Waals surface area contributed by atoms with Crippen LogP contribution in [-0.2, 0) is 6.18 Å². The molecule has 1 aromatic heterocycles. The largest absolute Gasteiger partial charge is 0.416 e. The molecule has 0 saturated carbocycles. The lowest BCUT2D eigenvalue weighted by atomic mass is 10.0. The zero-order chi connectivity index (χ0) is 22.2. The summed E-state index contributed by atoms with van der Waals surface area (Å²) in [5.41, 5.74) is 1.75. The quantitative estimate of drug-likeness (QED) is 0.318. The van der Waals surface area contributed by atoms with Crippen molar-refractivity contribution in [1.82, 2.24) is 4.57 Å². The van der Waals surface area contributed by atoms with E-state index in [2.05, 4.69) is 0 Å². The number of hydrogen-bond donors (Lipinski definition) is 0. The first-order valence-electron chi connectivity index (χ1n) is 9.03. The van der Waals surface area contributed by atoms with E-state index in [4.69, 9.17) is 11.6 Å². The van der Waals surface area contributed by atoms with E-state index >= 15 is 0 Å². The lowest BCUT2D eigenvalue weighted by Crippen LogP contribution is -2.19. The number of halogens is 4. The third-order valence-electron chi connectivity index (χ3n) is 4.61. The average molecular weight is 460 g/mol. The average Bonchev–Trinajstić information content (AvgIpc) is 3.06. The number of allylic oxidation sites excluding steroid dienone is 1. The van der Waals surface area contributed by atoms with E-state index in [0.29, 0.717) is 31.9 Å². The number of hydrogen-bond acceptors (Lipinski definition) is 3. The van der Waals surface area contributed by atoms with E-state index < -0.39 is 22.5 Å². The van der Waals surface area contributed by atoms with Gasteiger partial charge in [0.1, 0.15) is 0 Å². The van der Waals surface area contributed by atoms with E-state index in [1.807, 2.05) is 0 Å². The molecule has 0 aliphatic heterocycles. The number of rotatable bonds is 3. The van der Waals surface area contributed by atoms with Crippen molar-refractivity contribution in [2.45, 2.75) is 6.18 Å². The van der Waals surface area contributed by atoms with Gasteiger partial charge in [-0.05, 0) is 59.2 Å². The molecule has 3 aromatic carbocycles. The molecule has 0 amide bonds. The second-order valence-electron chi connectivity index (χ2n) is 6.69. The molecule has 8 heteroatoms. The van der Waals surface area contributed by atoms with Gasteiger partial charge >= 0.3 is 11.0 Å². The van der Waals surface area contributed by atoms with Crippen LogP contribution in [-0.4, -0.2) is 10.5 Å². The second kappa shape index (κ2) is 8.17. The first kappa shape index (κ1) is 21.1. The topological polar surface area (TPSA) is 39.1 Å². The summed E-state index contributed by atoms with van der Waals surface area (Å²) in [7, 11) is 0. The van der Waals surface area contributed by atoms with Crippen LogP contribution in [0.2, 0.25) is 5.02 Å². The Morgan fingerprint density at radius 1 is 0.968 bits per heavy atom. The predicted molar refractivity (Wildman–Crippen MR) is 118 cm³/mol. The third kappa shape index (κ3) is 4.47. The normalized spacial score (nSPS) is 12.0. The van der Waals surface area contributed by atoms with Gasteiger partial charge in [-0.1, -0.05) is 53.3 Å². The molecule has 156 valence electrons. The maximum atomic E-state index is 12.8. The second-order valence-corrected chi connectivity index (χ2v) is 8.12. The van der Waals surface area contributed by atoms with Gasteiger partial charge in [0.25, 0.3) is 5.91 Å². The molecule has 4 aromatic rings. The van der Waals surface area contributed by atoms with Crippen LogP contribution in [0, 0.1) is 0 Å². The monoisotopic (exact) mass is 459 g/mol. The van der Waals surface area contributed by atoms with Gasteiger partial charge in [0.05, 0.1) is 15.8 Å². The number of nitrogens with zero attached hydrogens (tertiary/aromatic N) is 1. The minimum Gasteiger partial charge on any atom is -0.269 e. The first-order valence-corrected chi connectivity index (χ1v) is 10.2. The highest BCUT2D eigenvalue weighted by Crippen LogP contribution is 2.31. The van der Waals surface area contributed by atoms with E-state index in [9.17, 15) is 22.8 Å². The van der Waals surface area contributed by atoms with Gasteiger partial charge in [-0.15, -0.1) is 0 Å². The van der Waals surface area contributed by atoms with Crippen LogP contribution in [0.15, 0.2) is 77.6 Å². The molecular weight excluding hydrogens is 447 g/mol. The number of benzene rings is 3. The van der Waals surface area contributed by atoms with Gasteiger partial charge in [0, 0.05) is 11.1 Å². The Morgan fingerprint density at radius 3 is 2.42 bits per heavy atom. The van der Waals surface area contributed by atoms with Crippen LogP contribution in [0.4, 0.5) is 13.2 Å². The van der Waals surface area contributed by atoms with E-state index in [-0.39, 0.29) is 0 Å². The third-order valence-corrected chi connectivity index (χ3v) is 5.75. The summed E-state index contributed by atoms with van der Waals surface area (Å²) < 4.78 is 39.9. The van der Waals surface area contributed by atoms with Crippen molar-refractivity contribution in [1.29, 1.82) is 0 Å². The highest BCUT2D eigenvalue weighted by molar-refractivity contribution is 7.16. The van der Waals surface area contributed by atoms with Crippen molar-refractivity contribution in [3.63, 3.8) is 0 Å². The van der Waals surface area contributed by atoms with Crippen LogP contribution in [0.1, 0.15) is 15.9 Å². The molecule has 0 bridgehead atoms. The van der Waals surface area contributed by atoms with Gasteiger partial charge in [-0.25, -0.2) is 4.57 Å². The fourth-order valence-electron chi connectivity index (χ4n) is 3.12. The Labute approximate surface area is 183 Å². The van der Waals surface area contributed by atoms with Crippen molar-refractivity contribution in [3.8, 4) is 11.1 Å². The summed E-state index contributed by atoms with van der Waals surface area (Å²) in [6.45, 7) is 0. The van der Waals surface area contributed by atoms with E-state index in [0.717, 1.165) is 28.0 Å². The highest BCUT2D eigenvalue weighted by Gasteiger charge is 2.29. The van der Waals surface area contributed by atoms with Crippen molar-refractivity contribution >= 4 is 45.1 Å². The Hall–Kier alpha value is -3.16. The highest BCUT2D eigenvalue weighted by atomic mass is 35.5. The minimum absolute atomic E-state index is 0.412. The van der Waals surface area contributed by atoms with Crippen LogP contribution in [0.3, 0.4) is 0 Å². The maximum absolute atomic E-state index is 12.8. The molecule has 0 spiro atoms. The Bertz CT molecular complexity index is 1370. The molecule has 0 fully saturated rings. The smallest absolute Gasteiger partial charge is 0.269 e. The molecule has 31 heavy (non-hydrogen) atoms. The number of fused-ring (bicyclic) bond motifs is 1. The number of carbonyl (C=O) groups is 1. The summed E-state index contributed by atoms with van der Waals surface area (Å²) in [6, 6.07) is 16.7. The predicted octanol–water partition coefficient (Wildman–Crippen LogP) is 6.76. The van der Waals surface area contributed by atoms with Gasteiger partial charge in [-0.2, -0.15) is 13.2 Å². The number of alkyl halides is 3. The van der Waals surface area contributed by atoms with Crippen LogP contribution in [0.25, 0.3) is 27.4 Å². The van der Waals surface area contributed by atoms with Crippen LogP contribution < -0.4 is 4.87 Å². The molecule has 0 saturated heterocycles. The number of carbonyl (C=O) groups excluding carboxylic acids is 1. The molecule has 3 nitrogen and oxygen atoms in total. The molecule has 4 rings (SSSR count). The van der Waals surface area contributed by atoms with Crippen molar-refractivity contribution in [2.75, 3.05) is 0 Å². The lowest BCUT2D eigenvalue weighted by Gasteiger charge is -2.08. The fraction of sp³-hybridized carbons (Fsp3) is 0.0435. The molecule has 0 aliphatic carbocycles. The van der Waals surface area contributed by atoms with Gasteiger partial charge in [0.2, 0.25) is 0 Å². The summed E-state index contributed by atoms with van der Waals surface area (Å²) in [6.07, 6.45) is -1.55. The Kier molecular flexibility index (Phi) is 5.56. The van der Waals surface area contributed by atoms with Gasteiger partial charge in [-0.3, -0.25) is 9.59 Å². The molecule has 0 N–H and O–H groups in total. The SMILES string of the molecule is O=C(/C=C/c1cccc(-c2ccc(C(F)(F)F)cc2)c1)n1c(=O)sc2cc(Cl)ccc21. The summed E-state index contributed by atoms with van der Waals surface area (Å²) in [5.74, 6) is -0.501. The lowest BCUT2D eigenvalue weighted by molar-refractivity contribution is -0.137. The van der Waals surface area contributed by atoms with Crippen LogP contribution >= 0.6 is 22.9 Å². The Balaban J connectivity index is 1.60. The minimum atomic E-state index is -4.39. The van der Waals surface area contributed by atoms with Crippen molar-refractivity contribution in [2.24, 2.45) is 0 Å². The maximum Gasteiger partial charge on any atom is 0.416 e. The first-order chi connectivity index (χ1) is 14.7. The van der Waals surface area contributed by atoms with E-state index in [1.54, 1.807) is 48.5 Å². The molecule has 0 aliphatic rings. The number of aromatic nitrogens is 1. The van der Waals surface area contributed by atoms with Crippen molar-refractivity contribution < 1.29 is 18.0 Å². The van der Waals surface area contributed by atoms with Gasteiger partial charge in [0.15, 0.2) is 0 Å². The fourth-order valence-corrected chi connectivity index (χ4v) is 4.27. The molecule has 0 atom stereocenters. The summed E-state index contributed by atoms with van der Waals surface area (Å²) in [4.78, 5) is 24.5.